The van der Waals surface area contributed by atoms with E-state index in [1.807, 2.05) is 12.1 Å². The molecule has 1 atom stereocenters. The number of anilines is 1. The van der Waals surface area contributed by atoms with Crippen molar-refractivity contribution in [3.63, 3.8) is 0 Å². The third-order valence-corrected chi connectivity index (χ3v) is 8.71. The number of carbonyl (C=O) groups is 1. The molecule has 41 heavy (non-hydrogen) atoms. The van der Waals surface area contributed by atoms with Crippen LogP contribution in [0.15, 0.2) is 30.3 Å². The summed E-state index contributed by atoms with van der Waals surface area (Å²) < 4.78 is 11.5. The summed E-state index contributed by atoms with van der Waals surface area (Å²) in [4.78, 5) is 17.4. The highest BCUT2D eigenvalue weighted by atomic mass is 35.5. The highest BCUT2D eigenvalue weighted by molar-refractivity contribution is 6.31. The Morgan fingerprint density at radius 2 is 1.90 bits per heavy atom. The zero-order valence-electron chi connectivity index (χ0n) is 24.3. The molecule has 0 spiro atoms. The van der Waals surface area contributed by atoms with Gasteiger partial charge in [0.15, 0.2) is 11.5 Å². The highest BCUT2D eigenvalue weighted by Crippen LogP contribution is 2.41. The van der Waals surface area contributed by atoms with Crippen LogP contribution in [0.3, 0.4) is 0 Å². The number of aryl methyl sites for hydroxylation is 2. The van der Waals surface area contributed by atoms with E-state index in [4.69, 9.17) is 26.1 Å². The van der Waals surface area contributed by atoms with Crippen molar-refractivity contribution in [1.29, 1.82) is 0 Å². The largest absolute Gasteiger partial charge is 0.504 e. The molecular formula is C33H42ClN3O4. The third kappa shape index (κ3) is 7.18. The number of nitrogens with zero attached hydrogens (tertiary/aromatic N) is 1. The van der Waals surface area contributed by atoms with Crippen LogP contribution in [0.4, 0.5) is 5.69 Å². The molecule has 1 aliphatic carbocycles. The number of carbonyl (C=O) groups excluding carboxylic acids is 1. The number of phenolic OH excluding ortho intramolecular Hbond substituents is 1. The number of rotatable bonds is 12. The zero-order chi connectivity index (χ0) is 28.8. The van der Waals surface area contributed by atoms with Gasteiger partial charge in [0.05, 0.1) is 12.6 Å². The van der Waals surface area contributed by atoms with Gasteiger partial charge in [-0.1, -0.05) is 24.4 Å². The highest BCUT2D eigenvalue weighted by Gasteiger charge is 2.32. The first-order valence-electron chi connectivity index (χ1n) is 15.1. The number of halogens is 1. The minimum Gasteiger partial charge on any atom is -0.504 e. The standard InChI is InChI=1S/C33H42ClN3O4/c1-33(15-13-22-19-28(38)30(40-2)21-29(22)41-33)16-14-31(39)35-17-7-3-4-8-18-36-32-24-9-5-6-10-26(24)37-27-20-23(34)11-12-25(27)32/h11-12,19-21,38H,3-10,13-18H2,1-2H3,(H,35,39)(H,36,37). The molecule has 1 amide bonds. The van der Waals surface area contributed by atoms with Crippen LogP contribution in [0, 0.1) is 0 Å². The molecule has 0 radical (unpaired) electrons. The number of phenols is 1. The quantitative estimate of drug-likeness (QED) is 0.198. The molecule has 2 heterocycles. The van der Waals surface area contributed by atoms with Crippen LogP contribution in [0.1, 0.15) is 81.5 Å². The molecule has 3 N–H and O–H groups in total. The lowest BCUT2D eigenvalue weighted by Crippen LogP contribution is -2.38. The molecule has 0 saturated carbocycles. The van der Waals surface area contributed by atoms with E-state index in [0.717, 1.165) is 85.1 Å². The predicted molar refractivity (Wildman–Crippen MR) is 165 cm³/mol. The number of fused-ring (bicyclic) bond motifs is 3. The van der Waals surface area contributed by atoms with Crippen LogP contribution in [0.25, 0.3) is 10.9 Å². The van der Waals surface area contributed by atoms with E-state index in [2.05, 4.69) is 23.6 Å². The molecule has 220 valence electrons. The van der Waals surface area contributed by atoms with Crippen LogP contribution in [0.2, 0.25) is 5.02 Å². The first kappa shape index (κ1) is 29.3. The molecule has 2 aromatic carbocycles. The summed E-state index contributed by atoms with van der Waals surface area (Å²) in [5.41, 5.74) is 5.38. The van der Waals surface area contributed by atoms with E-state index in [0.29, 0.717) is 25.1 Å². The Hall–Kier alpha value is -3.19. The van der Waals surface area contributed by atoms with Gasteiger partial charge >= 0.3 is 0 Å². The summed E-state index contributed by atoms with van der Waals surface area (Å²) in [5.74, 6) is 1.32. The van der Waals surface area contributed by atoms with Crippen molar-refractivity contribution in [3.8, 4) is 17.2 Å². The molecule has 2 aliphatic rings. The van der Waals surface area contributed by atoms with Gasteiger partial charge in [0.25, 0.3) is 0 Å². The summed E-state index contributed by atoms with van der Waals surface area (Å²) in [6.45, 7) is 3.68. The number of hydrogen-bond acceptors (Lipinski definition) is 6. The van der Waals surface area contributed by atoms with Crippen molar-refractivity contribution >= 4 is 34.1 Å². The molecule has 0 saturated heterocycles. The van der Waals surface area contributed by atoms with Crippen LogP contribution >= 0.6 is 11.6 Å². The maximum Gasteiger partial charge on any atom is 0.220 e. The Kier molecular flexibility index (Phi) is 9.43. The van der Waals surface area contributed by atoms with Crippen molar-refractivity contribution in [2.24, 2.45) is 0 Å². The number of aromatic nitrogens is 1. The van der Waals surface area contributed by atoms with Gasteiger partial charge in [0, 0.05) is 47.4 Å². The van der Waals surface area contributed by atoms with E-state index < -0.39 is 5.60 Å². The normalized spacial score (nSPS) is 17.8. The second-order valence-corrected chi connectivity index (χ2v) is 12.1. The summed E-state index contributed by atoms with van der Waals surface area (Å²) in [5, 5.41) is 18.7. The van der Waals surface area contributed by atoms with E-state index in [-0.39, 0.29) is 11.7 Å². The molecule has 1 unspecified atom stereocenters. The second kappa shape index (κ2) is 13.2. The summed E-state index contributed by atoms with van der Waals surface area (Å²) in [6.07, 6.45) is 11.5. The molecule has 0 bridgehead atoms. The van der Waals surface area contributed by atoms with Crippen LogP contribution < -0.4 is 20.1 Å². The first-order valence-corrected chi connectivity index (χ1v) is 15.4. The average molecular weight is 580 g/mol. The van der Waals surface area contributed by atoms with Gasteiger partial charge in [-0.2, -0.15) is 0 Å². The summed E-state index contributed by atoms with van der Waals surface area (Å²) in [6, 6.07) is 9.46. The topological polar surface area (TPSA) is 92.7 Å². The lowest BCUT2D eigenvalue weighted by molar-refractivity contribution is -0.122. The maximum absolute atomic E-state index is 12.5. The molecule has 1 aromatic heterocycles. The van der Waals surface area contributed by atoms with Crippen molar-refractivity contribution in [3.05, 3.63) is 52.2 Å². The predicted octanol–water partition coefficient (Wildman–Crippen LogP) is 7.13. The number of aromatic hydroxyl groups is 1. The Bertz CT molecular complexity index is 1390. The number of unbranched alkanes of at least 4 members (excludes halogenated alkanes) is 3. The van der Waals surface area contributed by atoms with Crippen LogP contribution in [-0.2, 0) is 24.1 Å². The van der Waals surface area contributed by atoms with Gasteiger partial charge in [-0.05, 0) is 100 Å². The Balaban J connectivity index is 0.999. The number of nitrogens with one attached hydrogen (secondary N) is 2. The molecule has 1 aliphatic heterocycles. The van der Waals surface area contributed by atoms with E-state index in [1.54, 1.807) is 12.1 Å². The zero-order valence-corrected chi connectivity index (χ0v) is 25.0. The van der Waals surface area contributed by atoms with Crippen molar-refractivity contribution < 1.29 is 19.4 Å². The molecular weight excluding hydrogens is 538 g/mol. The van der Waals surface area contributed by atoms with Crippen molar-refractivity contribution in [2.75, 3.05) is 25.5 Å². The van der Waals surface area contributed by atoms with Crippen LogP contribution in [0.5, 0.6) is 17.2 Å². The summed E-state index contributed by atoms with van der Waals surface area (Å²) in [7, 11) is 1.53. The lowest BCUT2D eigenvalue weighted by Gasteiger charge is -2.36. The number of benzene rings is 2. The lowest BCUT2D eigenvalue weighted by atomic mass is 9.88. The summed E-state index contributed by atoms with van der Waals surface area (Å²) >= 11 is 6.25. The third-order valence-electron chi connectivity index (χ3n) is 8.47. The number of pyridine rings is 1. The van der Waals surface area contributed by atoms with Gasteiger partial charge in [-0.15, -0.1) is 0 Å². The fourth-order valence-electron chi connectivity index (χ4n) is 6.05. The molecule has 8 heteroatoms. The maximum atomic E-state index is 12.5. The molecule has 0 fully saturated rings. The molecule has 5 rings (SSSR count). The number of amides is 1. The SMILES string of the molecule is COc1cc2c(cc1O)CCC(C)(CCC(=O)NCCCCCCNc1c3c(nc4cc(Cl)ccc14)CCCC3)O2. The van der Waals surface area contributed by atoms with E-state index >= 15 is 0 Å². The van der Waals surface area contributed by atoms with Crippen molar-refractivity contribution in [1.82, 2.24) is 10.3 Å². The number of ether oxygens (including phenoxy) is 2. The first-order chi connectivity index (χ1) is 19.8. The van der Waals surface area contributed by atoms with E-state index in [9.17, 15) is 9.90 Å². The van der Waals surface area contributed by atoms with E-state index in [1.165, 1.54) is 36.9 Å². The van der Waals surface area contributed by atoms with Gasteiger partial charge in [0.2, 0.25) is 5.91 Å². The van der Waals surface area contributed by atoms with Gasteiger partial charge < -0.3 is 25.2 Å². The van der Waals surface area contributed by atoms with Crippen molar-refractivity contribution in [2.45, 2.75) is 89.6 Å². The molecule has 3 aromatic rings. The Morgan fingerprint density at radius 3 is 2.73 bits per heavy atom. The second-order valence-electron chi connectivity index (χ2n) is 11.7. The minimum atomic E-state index is -0.412. The minimum absolute atomic E-state index is 0.0695. The fourth-order valence-corrected chi connectivity index (χ4v) is 6.22. The monoisotopic (exact) mass is 579 g/mol. The molecule has 7 nitrogen and oxygen atoms in total. The smallest absolute Gasteiger partial charge is 0.220 e. The van der Waals surface area contributed by atoms with Gasteiger partial charge in [0.1, 0.15) is 11.4 Å². The number of hydrogen-bond donors (Lipinski definition) is 3. The van der Waals surface area contributed by atoms with Crippen LogP contribution in [-0.4, -0.2) is 41.8 Å². The Morgan fingerprint density at radius 1 is 1.10 bits per heavy atom. The average Bonchev–Trinajstić information content (AvgIpc) is 2.96. The van der Waals surface area contributed by atoms with Gasteiger partial charge in [-0.25, -0.2) is 0 Å². The van der Waals surface area contributed by atoms with Gasteiger partial charge in [-0.3, -0.25) is 9.78 Å². The number of methoxy groups -OCH3 is 1. The Labute approximate surface area is 248 Å². The fraction of sp³-hybridized carbons (Fsp3) is 0.515.